The van der Waals surface area contributed by atoms with Crippen molar-refractivity contribution >= 4 is 35.7 Å². The third-order valence-electron chi connectivity index (χ3n) is 5.54. The predicted molar refractivity (Wildman–Crippen MR) is 131 cm³/mol. The number of anilines is 1. The van der Waals surface area contributed by atoms with Crippen molar-refractivity contribution in [2.75, 3.05) is 37.7 Å². The zero-order valence-corrected chi connectivity index (χ0v) is 20.1. The summed E-state index contributed by atoms with van der Waals surface area (Å²) in [6, 6.07) is 17.5. The van der Waals surface area contributed by atoms with Crippen LogP contribution in [0.4, 0.5) is 5.82 Å². The maximum atomic E-state index is 12.6. The summed E-state index contributed by atoms with van der Waals surface area (Å²) in [7, 11) is 0. The van der Waals surface area contributed by atoms with Gasteiger partial charge in [0.1, 0.15) is 12.4 Å². The molecule has 0 unspecified atom stereocenters. The summed E-state index contributed by atoms with van der Waals surface area (Å²) in [4.78, 5) is 16.3. The van der Waals surface area contributed by atoms with Crippen molar-refractivity contribution in [3.05, 3.63) is 76.4 Å². The molecule has 0 saturated carbocycles. The molecule has 1 amide bonds. The van der Waals surface area contributed by atoms with E-state index < -0.39 is 0 Å². The number of rotatable bonds is 8. The average molecular weight is 491 g/mol. The Hall–Kier alpha value is -2.58. The Morgan fingerprint density at radius 3 is 2.64 bits per heavy atom. The molecule has 2 heterocycles. The van der Waals surface area contributed by atoms with Crippen molar-refractivity contribution in [2.24, 2.45) is 0 Å². The second-order valence-electron chi connectivity index (χ2n) is 7.87. The zero-order chi connectivity index (χ0) is 22.5. The number of piperazine rings is 1. The van der Waals surface area contributed by atoms with E-state index in [1.165, 1.54) is 0 Å². The topological polar surface area (TPSA) is 70.8 Å². The minimum atomic E-state index is -0.0102. The second-order valence-corrected chi connectivity index (χ2v) is 8.31. The van der Waals surface area contributed by atoms with Crippen molar-refractivity contribution in [3.8, 4) is 5.75 Å². The molecule has 4 rings (SSSR count). The number of aromatic nitrogens is 2. The molecular weight excluding hydrogens is 463 g/mol. The van der Waals surface area contributed by atoms with Gasteiger partial charge in [0.05, 0.1) is 19.7 Å². The molecule has 0 radical (unpaired) electrons. The zero-order valence-electron chi connectivity index (χ0n) is 18.5. The number of β-amino-alcohol motifs (C(OH)–C–C–N with tert-alkyl or cyclic N) is 1. The van der Waals surface area contributed by atoms with Crippen LogP contribution in [0.25, 0.3) is 0 Å². The first-order chi connectivity index (χ1) is 15.5. The number of hydrogen-bond acceptors (Lipinski definition) is 5. The number of benzene rings is 2. The Kier molecular flexibility index (Phi) is 8.74. The van der Waals surface area contributed by atoms with E-state index in [2.05, 4.69) is 0 Å². The average Bonchev–Trinajstić information content (AvgIpc) is 3.14. The smallest absolute Gasteiger partial charge is 0.242 e. The molecule has 33 heavy (non-hydrogen) atoms. The Morgan fingerprint density at radius 2 is 1.91 bits per heavy atom. The van der Waals surface area contributed by atoms with Crippen LogP contribution in [0.5, 0.6) is 5.75 Å². The fraction of sp³-hybridized carbons (Fsp3) is 0.333. The molecule has 2 aromatic carbocycles. The Balaban J connectivity index is 0.00000306. The van der Waals surface area contributed by atoms with Gasteiger partial charge in [-0.3, -0.25) is 19.3 Å². The maximum absolute atomic E-state index is 12.6. The molecule has 0 spiro atoms. The van der Waals surface area contributed by atoms with Crippen LogP contribution in [-0.4, -0.2) is 58.5 Å². The van der Waals surface area contributed by atoms with Gasteiger partial charge in [0, 0.05) is 42.0 Å². The number of halogens is 2. The first-order valence-corrected chi connectivity index (χ1v) is 11.0. The fourth-order valence-electron chi connectivity index (χ4n) is 3.79. The van der Waals surface area contributed by atoms with Crippen molar-refractivity contribution in [1.29, 1.82) is 0 Å². The summed E-state index contributed by atoms with van der Waals surface area (Å²) in [5, 5.41) is 14.4. The SMILES string of the molecule is Cc1cc(N2CCN(CCO)CC2=O)nn1Cc1cc(Cl)ccc1OCc1ccccc1.Cl. The number of carbonyl (C=O) groups excluding carboxylic acids is 1. The van der Waals surface area contributed by atoms with Crippen LogP contribution in [0.15, 0.2) is 54.6 Å². The normalized spacial score (nSPS) is 14.3. The largest absolute Gasteiger partial charge is 0.489 e. The first kappa shape index (κ1) is 25.1. The monoisotopic (exact) mass is 490 g/mol. The summed E-state index contributed by atoms with van der Waals surface area (Å²) < 4.78 is 7.94. The number of amides is 1. The summed E-state index contributed by atoms with van der Waals surface area (Å²) in [6.07, 6.45) is 0. The van der Waals surface area contributed by atoms with Crippen LogP contribution in [0, 0.1) is 6.92 Å². The minimum absolute atomic E-state index is 0. The fourth-order valence-corrected chi connectivity index (χ4v) is 3.98. The van der Waals surface area contributed by atoms with Crippen LogP contribution in [0.1, 0.15) is 16.8 Å². The van der Waals surface area contributed by atoms with Crippen LogP contribution >= 0.6 is 24.0 Å². The Bertz CT molecular complexity index is 1070. The van der Waals surface area contributed by atoms with Gasteiger partial charge < -0.3 is 9.84 Å². The number of aryl methyl sites for hydroxylation is 1. The van der Waals surface area contributed by atoms with E-state index in [0.717, 1.165) is 22.6 Å². The standard InChI is InChI=1S/C24H27ClN4O3.ClH/c1-18-13-23(28-10-9-27(11-12-30)16-24(28)31)26-29(18)15-20-14-21(25)7-8-22(20)32-17-19-5-3-2-4-6-19;/h2-8,13-14,30H,9-12,15-17H2,1H3;1H. The van der Waals surface area contributed by atoms with Gasteiger partial charge in [0.15, 0.2) is 5.82 Å². The van der Waals surface area contributed by atoms with E-state index >= 15 is 0 Å². The highest BCUT2D eigenvalue weighted by atomic mass is 35.5. The van der Waals surface area contributed by atoms with Gasteiger partial charge >= 0.3 is 0 Å². The summed E-state index contributed by atoms with van der Waals surface area (Å²) >= 11 is 6.26. The van der Waals surface area contributed by atoms with Crippen molar-refractivity contribution in [3.63, 3.8) is 0 Å². The predicted octanol–water partition coefficient (Wildman–Crippen LogP) is 3.53. The molecule has 3 aromatic rings. The first-order valence-electron chi connectivity index (χ1n) is 10.7. The van der Waals surface area contributed by atoms with Gasteiger partial charge in [-0.05, 0) is 30.7 Å². The number of aliphatic hydroxyl groups is 1. The lowest BCUT2D eigenvalue weighted by molar-refractivity contribution is -0.121. The lowest BCUT2D eigenvalue weighted by atomic mass is 10.2. The molecule has 1 aromatic heterocycles. The Labute approximate surface area is 204 Å². The molecule has 0 atom stereocenters. The van der Waals surface area contributed by atoms with Crippen molar-refractivity contribution < 1.29 is 14.6 Å². The lowest BCUT2D eigenvalue weighted by Gasteiger charge is -2.32. The molecule has 1 saturated heterocycles. The summed E-state index contributed by atoms with van der Waals surface area (Å²) in [6.45, 7) is 5.03. The van der Waals surface area contributed by atoms with Crippen LogP contribution in [0.3, 0.4) is 0 Å². The molecule has 1 fully saturated rings. The third kappa shape index (κ3) is 6.26. The minimum Gasteiger partial charge on any atom is -0.489 e. The van der Waals surface area contributed by atoms with Gasteiger partial charge in [-0.1, -0.05) is 41.9 Å². The maximum Gasteiger partial charge on any atom is 0.242 e. The molecule has 9 heteroatoms. The highest BCUT2D eigenvalue weighted by Crippen LogP contribution is 2.26. The van der Waals surface area contributed by atoms with Gasteiger partial charge in [-0.15, -0.1) is 12.4 Å². The van der Waals surface area contributed by atoms with E-state index in [1.807, 2.05) is 71.1 Å². The summed E-state index contributed by atoms with van der Waals surface area (Å²) in [5.41, 5.74) is 2.95. The van der Waals surface area contributed by atoms with Crippen LogP contribution in [-0.2, 0) is 17.9 Å². The number of hydrogen-bond donors (Lipinski definition) is 1. The number of carbonyl (C=O) groups is 1. The van der Waals surface area contributed by atoms with E-state index in [-0.39, 0.29) is 31.5 Å². The number of nitrogens with zero attached hydrogens (tertiary/aromatic N) is 4. The van der Waals surface area contributed by atoms with E-state index in [1.54, 1.807) is 4.90 Å². The van der Waals surface area contributed by atoms with Crippen molar-refractivity contribution in [1.82, 2.24) is 14.7 Å². The highest BCUT2D eigenvalue weighted by molar-refractivity contribution is 6.30. The highest BCUT2D eigenvalue weighted by Gasteiger charge is 2.26. The third-order valence-corrected chi connectivity index (χ3v) is 5.78. The van der Waals surface area contributed by atoms with Gasteiger partial charge in [0.25, 0.3) is 0 Å². The molecular formula is C24H28Cl2N4O3. The summed E-state index contributed by atoms with van der Waals surface area (Å²) in [5.74, 6) is 1.39. The molecule has 7 nitrogen and oxygen atoms in total. The molecule has 1 N–H and O–H groups in total. The van der Waals surface area contributed by atoms with Gasteiger partial charge in [0.2, 0.25) is 5.91 Å². The molecule has 1 aliphatic heterocycles. The lowest BCUT2D eigenvalue weighted by Crippen LogP contribution is -2.51. The Morgan fingerprint density at radius 1 is 1.12 bits per heavy atom. The van der Waals surface area contributed by atoms with Gasteiger partial charge in [-0.25, -0.2) is 0 Å². The van der Waals surface area contributed by atoms with E-state index in [4.69, 9.17) is 26.5 Å². The van der Waals surface area contributed by atoms with Crippen molar-refractivity contribution in [2.45, 2.75) is 20.1 Å². The van der Waals surface area contributed by atoms with E-state index in [0.29, 0.717) is 43.6 Å². The molecule has 0 bridgehead atoms. The second kappa shape index (κ2) is 11.5. The van der Waals surface area contributed by atoms with Crippen LogP contribution in [0.2, 0.25) is 5.02 Å². The molecule has 1 aliphatic rings. The number of aliphatic hydroxyl groups excluding tert-OH is 1. The van der Waals surface area contributed by atoms with Crippen LogP contribution < -0.4 is 9.64 Å². The van der Waals surface area contributed by atoms with Gasteiger partial charge in [-0.2, -0.15) is 5.10 Å². The van der Waals surface area contributed by atoms with E-state index in [9.17, 15) is 4.79 Å². The number of ether oxygens (including phenoxy) is 1. The molecule has 0 aliphatic carbocycles. The molecule has 176 valence electrons. The quantitative estimate of drug-likeness (QED) is 0.522.